The van der Waals surface area contributed by atoms with E-state index in [2.05, 4.69) is 5.32 Å². The van der Waals surface area contributed by atoms with Gasteiger partial charge in [0, 0.05) is 23.8 Å². The summed E-state index contributed by atoms with van der Waals surface area (Å²) in [6, 6.07) is 15.3. The van der Waals surface area contributed by atoms with Crippen LogP contribution in [-0.4, -0.2) is 18.4 Å². The molecule has 29 heavy (non-hydrogen) atoms. The van der Waals surface area contributed by atoms with Crippen molar-refractivity contribution in [3.05, 3.63) is 83.6 Å². The summed E-state index contributed by atoms with van der Waals surface area (Å²) in [4.78, 5) is 26.9. The zero-order chi connectivity index (χ0) is 20.4. The fourth-order valence-electron chi connectivity index (χ4n) is 3.55. The Labute approximate surface area is 168 Å². The Bertz CT molecular complexity index is 1050. The van der Waals surface area contributed by atoms with Crippen LogP contribution in [0.2, 0.25) is 0 Å². The van der Waals surface area contributed by atoms with Crippen LogP contribution in [0, 0.1) is 11.7 Å². The Kier molecular flexibility index (Phi) is 5.16. The minimum atomic E-state index is -0.402. The van der Waals surface area contributed by atoms with Crippen LogP contribution in [-0.2, 0) is 17.6 Å². The first-order valence-electron chi connectivity index (χ1n) is 9.55. The Hall–Kier alpha value is -3.41. The van der Waals surface area contributed by atoms with Crippen LogP contribution in [0.1, 0.15) is 28.6 Å². The number of rotatable bonds is 5. The third kappa shape index (κ3) is 3.92. The average Bonchev–Trinajstić information content (AvgIpc) is 3.39. The summed E-state index contributed by atoms with van der Waals surface area (Å²) in [7, 11) is 0. The lowest BCUT2D eigenvalue weighted by atomic mass is 10.00. The highest BCUT2D eigenvalue weighted by Crippen LogP contribution is 2.32. The molecule has 1 atom stereocenters. The van der Waals surface area contributed by atoms with Crippen LogP contribution in [0.25, 0.3) is 0 Å². The van der Waals surface area contributed by atoms with Gasteiger partial charge < -0.3 is 14.6 Å². The van der Waals surface area contributed by atoms with E-state index in [0.29, 0.717) is 24.2 Å². The van der Waals surface area contributed by atoms with Gasteiger partial charge in [0.25, 0.3) is 5.91 Å². The second-order valence-electron chi connectivity index (χ2n) is 7.21. The summed E-state index contributed by atoms with van der Waals surface area (Å²) < 4.78 is 19.1. The molecule has 0 bridgehead atoms. The monoisotopic (exact) mass is 392 g/mol. The minimum absolute atomic E-state index is 0.199. The first-order valence-corrected chi connectivity index (χ1v) is 9.55. The van der Waals surface area contributed by atoms with E-state index in [4.69, 9.17) is 4.42 Å². The molecular weight excluding hydrogens is 371 g/mol. The molecule has 0 saturated carbocycles. The average molecular weight is 392 g/mol. The molecule has 0 fully saturated rings. The van der Waals surface area contributed by atoms with Gasteiger partial charge in [-0.15, -0.1) is 0 Å². The van der Waals surface area contributed by atoms with Crippen LogP contribution < -0.4 is 10.2 Å². The number of carbonyl (C=O) groups is 2. The summed E-state index contributed by atoms with van der Waals surface area (Å²) in [6.45, 7) is 2.33. The zero-order valence-corrected chi connectivity index (χ0v) is 16.0. The lowest BCUT2D eigenvalue weighted by molar-refractivity contribution is -0.119. The Morgan fingerprint density at radius 2 is 2.00 bits per heavy atom. The Balaban J connectivity index is 1.47. The van der Waals surface area contributed by atoms with Crippen molar-refractivity contribution >= 4 is 23.2 Å². The SMILES string of the molecule is CC(Cc1ccccc1F)C(=O)Nc1ccc2c(c1)N(C(=O)c1ccco1)CC2. The summed E-state index contributed by atoms with van der Waals surface area (Å²) in [6.07, 6.45) is 2.53. The van der Waals surface area contributed by atoms with E-state index in [-0.39, 0.29) is 23.4 Å². The lowest BCUT2D eigenvalue weighted by Gasteiger charge is -2.18. The summed E-state index contributed by atoms with van der Waals surface area (Å²) >= 11 is 0. The van der Waals surface area contributed by atoms with Crippen molar-refractivity contribution in [3.8, 4) is 0 Å². The van der Waals surface area contributed by atoms with Crippen LogP contribution in [0.4, 0.5) is 15.8 Å². The molecular formula is C23H21FN2O3. The van der Waals surface area contributed by atoms with E-state index in [0.717, 1.165) is 17.7 Å². The third-order valence-electron chi connectivity index (χ3n) is 5.16. The molecule has 1 aromatic heterocycles. The zero-order valence-electron chi connectivity index (χ0n) is 16.0. The van der Waals surface area contributed by atoms with E-state index >= 15 is 0 Å². The topological polar surface area (TPSA) is 62.6 Å². The largest absolute Gasteiger partial charge is 0.459 e. The summed E-state index contributed by atoms with van der Waals surface area (Å²) in [5.41, 5.74) is 2.93. The number of nitrogens with one attached hydrogen (secondary N) is 1. The van der Waals surface area contributed by atoms with Crippen LogP contribution in [0.5, 0.6) is 0 Å². The van der Waals surface area contributed by atoms with Gasteiger partial charge in [-0.05, 0) is 54.3 Å². The predicted octanol–water partition coefficient (Wildman–Crippen LogP) is 4.44. The molecule has 148 valence electrons. The molecule has 0 saturated heterocycles. The first-order chi connectivity index (χ1) is 14.0. The van der Waals surface area contributed by atoms with Gasteiger partial charge in [-0.2, -0.15) is 0 Å². The maximum absolute atomic E-state index is 13.8. The second kappa shape index (κ2) is 7.91. The normalized spacial score (nSPS) is 13.8. The van der Waals surface area contributed by atoms with E-state index in [1.807, 2.05) is 12.1 Å². The molecule has 0 radical (unpaired) electrons. The van der Waals surface area contributed by atoms with Gasteiger partial charge in [-0.1, -0.05) is 31.2 Å². The van der Waals surface area contributed by atoms with E-state index < -0.39 is 5.92 Å². The number of nitrogens with zero attached hydrogens (tertiary/aromatic N) is 1. The Morgan fingerprint density at radius 1 is 1.17 bits per heavy atom. The molecule has 1 aliphatic heterocycles. The highest BCUT2D eigenvalue weighted by molar-refractivity contribution is 6.06. The van der Waals surface area contributed by atoms with E-state index in [1.165, 1.54) is 12.3 Å². The highest BCUT2D eigenvalue weighted by Gasteiger charge is 2.27. The number of amides is 2. The molecule has 0 aliphatic carbocycles. The molecule has 5 nitrogen and oxygen atoms in total. The maximum Gasteiger partial charge on any atom is 0.293 e. The van der Waals surface area contributed by atoms with Crippen molar-refractivity contribution in [2.75, 3.05) is 16.8 Å². The molecule has 0 spiro atoms. The number of halogens is 1. The van der Waals surface area contributed by atoms with E-state index in [9.17, 15) is 14.0 Å². The quantitative estimate of drug-likeness (QED) is 0.698. The molecule has 3 aromatic rings. The lowest BCUT2D eigenvalue weighted by Crippen LogP contribution is -2.28. The number of carbonyl (C=O) groups excluding carboxylic acids is 2. The molecule has 1 unspecified atom stereocenters. The van der Waals surface area contributed by atoms with Crippen molar-refractivity contribution in [1.29, 1.82) is 0 Å². The summed E-state index contributed by atoms with van der Waals surface area (Å²) in [5.74, 6) is -0.830. The van der Waals surface area contributed by atoms with Gasteiger partial charge in [0.1, 0.15) is 5.82 Å². The molecule has 2 amide bonds. The smallest absolute Gasteiger partial charge is 0.293 e. The van der Waals surface area contributed by atoms with Crippen LogP contribution >= 0.6 is 0 Å². The molecule has 2 aromatic carbocycles. The van der Waals surface area contributed by atoms with Crippen molar-refractivity contribution in [2.45, 2.75) is 19.8 Å². The van der Waals surface area contributed by atoms with Crippen LogP contribution in [0.3, 0.4) is 0 Å². The molecule has 4 rings (SSSR count). The maximum atomic E-state index is 13.8. The molecule has 1 N–H and O–H groups in total. The fourth-order valence-corrected chi connectivity index (χ4v) is 3.55. The summed E-state index contributed by atoms with van der Waals surface area (Å²) in [5, 5.41) is 2.88. The molecule has 6 heteroatoms. The number of anilines is 2. The first kappa shape index (κ1) is 18.9. The van der Waals surface area contributed by atoms with Gasteiger partial charge >= 0.3 is 0 Å². The number of furan rings is 1. The second-order valence-corrected chi connectivity index (χ2v) is 7.21. The third-order valence-corrected chi connectivity index (χ3v) is 5.16. The van der Waals surface area contributed by atoms with Gasteiger partial charge in [-0.25, -0.2) is 4.39 Å². The standard InChI is InChI=1S/C23H21FN2O3/c1-15(13-17-5-2-3-6-19(17)24)22(27)25-18-9-8-16-10-11-26(20(16)14-18)23(28)21-7-4-12-29-21/h2-9,12,14-15H,10-11,13H2,1H3,(H,25,27). The number of benzene rings is 2. The van der Waals surface area contributed by atoms with Gasteiger partial charge in [0.2, 0.25) is 5.91 Å². The van der Waals surface area contributed by atoms with Crippen molar-refractivity contribution in [3.63, 3.8) is 0 Å². The van der Waals surface area contributed by atoms with Crippen molar-refractivity contribution < 1.29 is 18.4 Å². The fraction of sp³-hybridized carbons (Fsp3) is 0.217. The molecule has 1 aliphatic rings. The Morgan fingerprint density at radius 3 is 2.76 bits per heavy atom. The predicted molar refractivity (Wildman–Crippen MR) is 108 cm³/mol. The highest BCUT2D eigenvalue weighted by atomic mass is 19.1. The van der Waals surface area contributed by atoms with Crippen LogP contribution in [0.15, 0.2) is 65.3 Å². The van der Waals surface area contributed by atoms with Crippen molar-refractivity contribution in [2.24, 2.45) is 5.92 Å². The van der Waals surface area contributed by atoms with Gasteiger partial charge in [0.05, 0.1) is 6.26 Å². The number of hydrogen-bond donors (Lipinski definition) is 1. The molecule has 2 heterocycles. The van der Waals surface area contributed by atoms with Gasteiger partial charge in [0.15, 0.2) is 5.76 Å². The van der Waals surface area contributed by atoms with Gasteiger partial charge in [-0.3, -0.25) is 9.59 Å². The number of hydrogen-bond acceptors (Lipinski definition) is 3. The van der Waals surface area contributed by atoms with Crippen molar-refractivity contribution in [1.82, 2.24) is 0 Å². The van der Waals surface area contributed by atoms with E-state index in [1.54, 1.807) is 48.2 Å². The minimum Gasteiger partial charge on any atom is -0.459 e. The number of fused-ring (bicyclic) bond motifs is 1.